The van der Waals surface area contributed by atoms with E-state index < -0.39 is 0 Å². The van der Waals surface area contributed by atoms with Crippen molar-refractivity contribution in [3.63, 3.8) is 0 Å². The summed E-state index contributed by atoms with van der Waals surface area (Å²) in [5, 5.41) is 0. The van der Waals surface area contributed by atoms with E-state index in [1.807, 2.05) is 36.4 Å². The number of carbonyl (C=O) groups excluding carboxylic acids is 2. The number of rotatable bonds is 5. The van der Waals surface area contributed by atoms with Gasteiger partial charge in [0.2, 0.25) is 11.8 Å². The van der Waals surface area contributed by atoms with E-state index in [9.17, 15) is 9.59 Å². The first kappa shape index (κ1) is 14.4. The Balaban J connectivity index is 1.65. The lowest BCUT2D eigenvalue weighted by Gasteiger charge is -2.12. The molecule has 1 aromatic heterocycles. The molecular weight excluding hydrogens is 282 g/mol. The van der Waals surface area contributed by atoms with E-state index in [0.717, 1.165) is 22.8 Å². The highest BCUT2D eigenvalue weighted by Crippen LogP contribution is 2.25. The predicted octanol–water partition coefficient (Wildman–Crippen LogP) is 2.65. The first-order chi connectivity index (χ1) is 10.7. The van der Waals surface area contributed by atoms with Crippen molar-refractivity contribution in [2.45, 2.75) is 19.3 Å². The Hall–Kier alpha value is -2.56. The van der Waals surface area contributed by atoms with Crippen LogP contribution in [0.1, 0.15) is 18.6 Å². The van der Waals surface area contributed by atoms with Crippen LogP contribution in [0.15, 0.2) is 40.8 Å². The van der Waals surface area contributed by atoms with E-state index >= 15 is 0 Å². The number of methoxy groups -OCH3 is 1. The fraction of sp³-hybridized carbons (Fsp3) is 0.294. The number of hydrogen-bond acceptors (Lipinski definition) is 4. The Morgan fingerprint density at radius 3 is 2.36 bits per heavy atom. The third-order valence-corrected chi connectivity index (χ3v) is 3.77. The van der Waals surface area contributed by atoms with E-state index in [0.29, 0.717) is 25.8 Å². The van der Waals surface area contributed by atoms with Gasteiger partial charge in [-0.2, -0.15) is 0 Å². The maximum absolute atomic E-state index is 11.6. The van der Waals surface area contributed by atoms with Gasteiger partial charge in [0.1, 0.15) is 17.3 Å². The molecule has 2 aromatic rings. The first-order valence-corrected chi connectivity index (χ1v) is 7.24. The van der Waals surface area contributed by atoms with Gasteiger partial charge in [0.25, 0.3) is 0 Å². The lowest BCUT2D eigenvalue weighted by molar-refractivity contribution is -0.138. The molecule has 1 aliphatic rings. The Kier molecular flexibility index (Phi) is 3.96. The molecule has 1 aliphatic heterocycles. The monoisotopic (exact) mass is 299 g/mol. The maximum Gasteiger partial charge on any atom is 0.229 e. The van der Waals surface area contributed by atoms with Crippen LogP contribution < -0.4 is 4.74 Å². The number of likely N-dealkylation sites (tertiary alicyclic amines) is 1. The summed E-state index contributed by atoms with van der Waals surface area (Å²) in [6.07, 6.45) is 1.19. The molecule has 0 N–H and O–H groups in total. The second kappa shape index (κ2) is 6.05. The molecule has 0 spiro atoms. The van der Waals surface area contributed by atoms with Crippen LogP contribution in [0.4, 0.5) is 0 Å². The van der Waals surface area contributed by atoms with Gasteiger partial charge in [-0.25, -0.2) is 0 Å². The summed E-state index contributed by atoms with van der Waals surface area (Å²) in [6, 6.07) is 11.4. The lowest BCUT2D eigenvalue weighted by Crippen LogP contribution is -2.30. The number of furan rings is 1. The van der Waals surface area contributed by atoms with Crippen LogP contribution in [0.25, 0.3) is 11.3 Å². The first-order valence-electron chi connectivity index (χ1n) is 7.24. The van der Waals surface area contributed by atoms with Gasteiger partial charge in [-0.1, -0.05) is 0 Å². The molecule has 1 aromatic carbocycles. The van der Waals surface area contributed by atoms with Crippen LogP contribution >= 0.6 is 0 Å². The molecule has 3 rings (SSSR count). The minimum Gasteiger partial charge on any atom is -0.497 e. The van der Waals surface area contributed by atoms with Crippen molar-refractivity contribution >= 4 is 11.8 Å². The van der Waals surface area contributed by atoms with E-state index in [1.165, 1.54) is 4.90 Å². The molecule has 0 saturated carbocycles. The van der Waals surface area contributed by atoms with Gasteiger partial charge in [-0.05, 0) is 36.4 Å². The fourth-order valence-corrected chi connectivity index (χ4v) is 2.52. The number of imide groups is 1. The number of amides is 2. The molecule has 5 heteroatoms. The van der Waals surface area contributed by atoms with Crippen molar-refractivity contribution in [3.8, 4) is 17.1 Å². The highest BCUT2D eigenvalue weighted by molar-refractivity contribution is 6.01. The summed E-state index contributed by atoms with van der Waals surface area (Å²) in [5.41, 5.74) is 0.959. The molecule has 0 unspecified atom stereocenters. The van der Waals surface area contributed by atoms with Crippen molar-refractivity contribution in [2.75, 3.05) is 13.7 Å². The van der Waals surface area contributed by atoms with Crippen LogP contribution in [-0.2, 0) is 16.0 Å². The molecule has 1 saturated heterocycles. The summed E-state index contributed by atoms with van der Waals surface area (Å²) in [4.78, 5) is 24.4. The molecule has 0 radical (unpaired) electrons. The van der Waals surface area contributed by atoms with Crippen molar-refractivity contribution in [2.24, 2.45) is 0 Å². The van der Waals surface area contributed by atoms with Gasteiger partial charge in [0.15, 0.2) is 0 Å². The third-order valence-electron chi connectivity index (χ3n) is 3.77. The second-order valence-electron chi connectivity index (χ2n) is 5.18. The Labute approximate surface area is 128 Å². The van der Waals surface area contributed by atoms with Gasteiger partial charge in [0.05, 0.1) is 7.11 Å². The topological polar surface area (TPSA) is 59.8 Å². The van der Waals surface area contributed by atoms with Gasteiger partial charge in [0, 0.05) is 31.4 Å². The van der Waals surface area contributed by atoms with Gasteiger partial charge < -0.3 is 9.15 Å². The standard InChI is InChI=1S/C17H17NO4/c1-21-13-4-2-12(3-5-13)15-7-6-14(22-15)10-11-18-16(19)8-9-17(18)20/h2-7H,8-11H2,1H3. The van der Waals surface area contributed by atoms with Gasteiger partial charge >= 0.3 is 0 Å². The second-order valence-corrected chi connectivity index (χ2v) is 5.18. The zero-order valence-corrected chi connectivity index (χ0v) is 12.4. The van der Waals surface area contributed by atoms with Gasteiger partial charge in [-0.15, -0.1) is 0 Å². The Morgan fingerprint density at radius 1 is 1.05 bits per heavy atom. The number of benzene rings is 1. The summed E-state index contributed by atoms with van der Waals surface area (Å²) in [7, 11) is 1.63. The highest BCUT2D eigenvalue weighted by Gasteiger charge is 2.28. The summed E-state index contributed by atoms with van der Waals surface area (Å²) in [5.74, 6) is 2.13. The van der Waals surface area contributed by atoms with Crippen molar-refractivity contribution in [3.05, 3.63) is 42.2 Å². The van der Waals surface area contributed by atoms with Crippen LogP contribution in [-0.4, -0.2) is 30.4 Å². The molecule has 114 valence electrons. The van der Waals surface area contributed by atoms with Gasteiger partial charge in [-0.3, -0.25) is 14.5 Å². The number of ether oxygens (including phenoxy) is 1. The maximum atomic E-state index is 11.6. The van der Waals surface area contributed by atoms with E-state index in [-0.39, 0.29) is 11.8 Å². The Morgan fingerprint density at radius 2 is 1.73 bits per heavy atom. The Bertz CT molecular complexity index is 671. The van der Waals surface area contributed by atoms with Crippen molar-refractivity contribution < 1.29 is 18.7 Å². The highest BCUT2D eigenvalue weighted by atomic mass is 16.5. The van der Waals surface area contributed by atoms with Crippen LogP contribution in [0.2, 0.25) is 0 Å². The molecule has 1 fully saturated rings. The average molecular weight is 299 g/mol. The largest absolute Gasteiger partial charge is 0.497 e. The minimum atomic E-state index is -0.0908. The molecule has 0 aliphatic carbocycles. The molecule has 2 heterocycles. The summed E-state index contributed by atoms with van der Waals surface area (Å²) < 4.78 is 10.9. The number of nitrogens with zero attached hydrogens (tertiary/aromatic N) is 1. The molecule has 0 atom stereocenters. The van der Waals surface area contributed by atoms with Crippen LogP contribution in [0.5, 0.6) is 5.75 Å². The normalized spacial score (nSPS) is 14.7. The molecule has 0 bridgehead atoms. The summed E-state index contributed by atoms with van der Waals surface area (Å²) >= 11 is 0. The van der Waals surface area contributed by atoms with E-state index in [2.05, 4.69) is 0 Å². The number of hydrogen-bond donors (Lipinski definition) is 0. The zero-order chi connectivity index (χ0) is 15.5. The van der Waals surface area contributed by atoms with Crippen LogP contribution in [0, 0.1) is 0 Å². The lowest BCUT2D eigenvalue weighted by atomic mass is 10.2. The zero-order valence-electron chi connectivity index (χ0n) is 12.4. The minimum absolute atomic E-state index is 0.0908. The number of carbonyl (C=O) groups is 2. The molecule has 2 amide bonds. The van der Waals surface area contributed by atoms with Crippen molar-refractivity contribution in [1.82, 2.24) is 4.90 Å². The van der Waals surface area contributed by atoms with Crippen LogP contribution in [0.3, 0.4) is 0 Å². The van der Waals surface area contributed by atoms with Crippen molar-refractivity contribution in [1.29, 1.82) is 0 Å². The SMILES string of the molecule is COc1ccc(-c2ccc(CCN3C(=O)CCC3=O)o2)cc1. The smallest absolute Gasteiger partial charge is 0.229 e. The molecule has 5 nitrogen and oxygen atoms in total. The fourth-order valence-electron chi connectivity index (χ4n) is 2.52. The quantitative estimate of drug-likeness (QED) is 0.796. The summed E-state index contributed by atoms with van der Waals surface area (Å²) in [6.45, 7) is 0.382. The van der Waals surface area contributed by atoms with E-state index in [1.54, 1.807) is 7.11 Å². The molecule has 22 heavy (non-hydrogen) atoms. The molecular formula is C17H17NO4. The van der Waals surface area contributed by atoms with E-state index in [4.69, 9.17) is 9.15 Å². The average Bonchev–Trinajstić information content (AvgIpc) is 3.13. The predicted molar refractivity (Wildman–Crippen MR) is 80.4 cm³/mol. The third kappa shape index (κ3) is 2.88.